The number of aliphatic hydroxyl groups is 1. The van der Waals surface area contributed by atoms with Gasteiger partial charge in [-0.05, 0) is 34.4 Å². The highest BCUT2D eigenvalue weighted by Gasteiger charge is 2.34. The Morgan fingerprint density at radius 3 is 2.46 bits per heavy atom. The van der Waals surface area contributed by atoms with E-state index in [4.69, 9.17) is 4.84 Å². The second kappa shape index (κ2) is 6.73. The summed E-state index contributed by atoms with van der Waals surface area (Å²) in [5.41, 5.74) is 2.45. The summed E-state index contributed by atoms with van der Waals surface area (Å²) in [5, 5.41) is 14.0. The molecule has 0 spiro atoms. The standard InChI is InChI=1S/C21H21NO2/c23-15-20-13-21(22(24-20)14-16-6-2-1-3-7-16)19-11-10-17-8-4-5-9-18(17)12-19/h1-12,20-21,23H,13-15H2/t20-,21+/m0/s1. The van der Waals surface area contributed by atoms with E-state index in [0.717, 1.165) is 13.0 Å². The van der Waals surface area contributed by atoms with Crippen LogP contribution in [-0.2, 0) is 11.4 Å². The predicted molar refractivity (Wildman–Crippen MR) is 95.2 cm³/mol. The first-order chi connectivity index (χ1) is 11.8. The van der Waals surface area contributed by atoms with Crippen molar-refractivity contribution in [1.29, 1.82) is 0 Å². The van der Waals surface area contributed by atoms with Crippen molar-refractivity contribution in [3.63, 3.8) is 0 Å². The summed E-state index contributed by atoms with van der Waals surface area (Å²) in [4.78, 5) is 5.98. The lowest BCUT2D eigenvalue weighted by Crippen LogP contribution is -2.23. The summed E-state index contributed by atoms with van der Waals surface area (Å²) in [6.07, 6.45) is 0.673. The van der Waals surface area contributed by atoms with Crippen LogP contribution in [-0.4, -0.2) is 22.9 Å². The molecule has 1 fully saturated rings. The van der Waals surface area contributed by atoms with E-state index < -0.39 is 0 Å². The lowest BCUT2D eigenvalue weighted by molar-refractivity contribution is -0.178. The largest absolute Gasteiger partial charge is 0.394 e. The first-order valence-corrected chi connectivity index (χ1v) is 8.40. The van der Waals surface area contributed by atoms with Crippen LogP contribution in [0.4, 0.5) is 0 Å². The molecule has 24 heavy (non-hydrogen) atoms. The van der Waals surface area contributed by atoms with Gasteiger partial charge in [0.1, 0.15) is 6.10 Å². The van der Waals surface area contributed by atoms with E-state index in [1.54, 1.807) is 0 Å². The van der Waals surface area contributed by atoms with E-state index in [2.05, 4.69) is 54.6 Å². The molecular weight excluding hydrogens is 298 g/mol. The summed E-state index contributed by atoms with van der Waals surface area (Å²) >= 11 is 0. The fourth-order valence-corrected chi connectivity index (χ4v) is 3.41. The number of hydroxylamine groups is 2. The average molecular weight is 319 g/mol. The van der Waals surface area contributed by atoms with E-state index in [1.807, 2.05) is 23.3 Å². The Hall–Kier alpha value is -2.20. The Morgan fingerprint density at radius 1 is 0.917 bits per heavy atom. The summed E-state index contributed by atoms with van der Waals surface area (Å²) in [5.74, 6) is 0. The van der Waals surface area contributed by atoms with Gasteiger partial charge in [0, 0.05) is 6.54 Å². The normalized spacial score (nSPS) is 21.4. The SMILES string of the molecule is OC[C@@H]1C[C@H](c2ccc3ccccc3c2)N(Cc2ccccc2)O1. The first-order valence-electron chi connectivity index (χ1n) is 8.40. The molecule has 0 aliphatic carbocycles. The van der Waals surface area contributed by atoms with E-state index in [-0.39, 0.29) is 18.8 Å². The maximum atomic E-state index is 9.53. The molecule has 3 aromatic rings. The van der Waals surface area contributed by atoms with Gasteiger partial charge >= 0.3 is 0 Å². The van der Waals surface area contributed by atoms with Crippen LogP contribution in [0.1, 0.15) is 23.6 Å². The molecular formula is C21H21NO2. The quantitative estimate of drug-likeness (QED) is 0.786. The van der Waals surface area contributed by atoms with Crippen LogP contribution < -0.4 is 0 Å². The number of nitrogens with zero attached hydrogens (tertiary/aromatic N) is 1. The van der Waals surface area contributed by atoms with Gasteiger partial charge in [-0.2, -0.15) is 5.06 Å². The van der Waals surface area contributed by atoms with Crippen molar-refractivity contribution in [1.82, 2.24) is 5.06 Å². The third-order valence-corrected chi connectivity index (χ3v) is 4.66. The van der Waals surface area contributed by atoms with Crippen molar-refractivity contribution >= 4 is 10.8 Å². The van der Waals surface area contributed by atoms with Crippen LogP contribution in [0.3, 0.4) is 0 Å². The fourth-order valence-electron chi connectivity index (χ4n) is 3.41. The molecule has 122 valence electrons. The van der Waals surface area contributed by atoms with Crippen LogP contribution in [0.25, 0.3) is 10.8 Å². The van der Waals surface area contributed by atoms with Crippen LogP contribution in [0.5, 0.6) is 0 Å². The van der Waals surface area contributed by atoms with Crippen molar-refractivity contribution in [3.05, 3.63) is 83.9 Å². The number of hydrogen-bond acceptors (Lipinski definition) is 3. The molecule has 3 aromatic carbocycles. The summed E-state index contributed by atoms with van der Waals surface area (Å²) in [6, 6.07) is 25.4. The molecule has 4 rings (SSSR count). The van der Waals surface area contributed by atoms with E-state index in [9.17, 15) is 5.11 Å². The lowest BCUT2D eigenvalue weighted by Gasteiger charge is -2.23. The topological polar surface area (TPSA) is 32.7 Å². The zero-order chi connectivity index (χ0) is 16.4. The van der Waals surface area contributed by atoms with Crippen LogP contribution in [0.2, 0.25) is 0 Å². The fraction of sp³-hybridized carbons (Fsp3) is 0.238. The van der Waals surface area contributed by atoms with Crippen LogP contribution in [0.15, 0.2) is 72.8 Å². The van der Waals surface area contributed by atoms with Gasteiger partial charge in [0.2, 0.25) is 0 Å². The number of rotatable bonds is 4. The molecule has 1 aliphatic rings. The Labute approximate surface area is 142 Å². The average Bonchev–Trinajstić information content (AvgIpc) is 3.05. The molecule has 0 aromatic heterocycles. The third-order valence-electron chi connectivity index (χ3n) is 4.66. The molecule has 0 bridgehead atoms. The molecule has 1 N–H and O–H groups in total. The Bertz CT molecular complexity index is 818. The van der Waals surface area contributed by atoms with Gasteiger partial charge in [-0.3, -0.25) is 4.84 Å². The molecule has 0 amide bonds. The van der Waals surface area contributed by atoms with E-state index in [1.165, 1.54) is 21.9 Å². The van der Waals surface area contributed by atoms with E-state index in [0.29, 0.717) is 0 Å². The van der Waals surface area contributed by atoms with Crippen molar-refractivity contribution in [3.8, 4) is 0 Å². The van der Waals surface area contributed by atoms with Gasteiger partial charge in [-0.1, -0.05) is 66.7 Å². The zero-order valence-corrected chi connectivity index (χ0v) is 13.5. The second-order valence-corrected chi connectivity index (χ2v) is 6.33. The van der Waals surface area contributed by atoms with Gasteiger partial charge in [0.05, 0.1) is 12.6 Å². The first kappa shape index (κ1) is 15.3. The van der Waals surface area contributed by atoms with E-state index >= 15 is 0 Å². The monoisotopic (exact) mass is 319 g/mol. The molecule has 3 heteroatoms. The minimum Gasteiger partial charge on any atom is -0.394 e. The Kier molecular flexibility index (Phi) is 4.30. The molecule has 0 radical (unpaired) electrons. The van der Waals surface area contributed by atoms with Gasteiger partial charge in [0.25, 0.3) is 0 Å². The summed E-state index contributed by atoms with van der Waals surface area (Å²) in [7, 11) is 0. The number of fused-ring (bicyclic) bond motifs is 1. The highest BCUT2D eigenvalue weighted by molar-refractivity contribution is 5.83. The van der Waals surface area contributed by atoms with Gasteiger partial charge in [-0.15, -0.1) is 0 Å². The third kappa shape index (κ3) is 3.06. The van der Waals surface area contributed by atoms with Crippen molar-refractivity contribution < 1.29 is 9.94 Å². The summed E-state index contributed by atoms with van der Waals surface area (Å²) in [6.45, 7) is 0.768. The maximum Gasteiger partial charge on any atom is 0.104 e. The predicted octanol–water partition coefficient (Wildman–Crippen LogP) is 4.08. The van der Waals surface area contributed by atoms with Gasteiger partial charge < -0.3 is 5.11 Å². The minimum atomic E-state index is -0.134. The highest BCUT2D eigenvalue weighted by atomic mass is 16.7. The molecule has 0 unspecified atom stereocenters. The van der Waals surface area contributed by atoms with Crippen molar-refractivity contribution in [2.45, 2.75) is 25.1 Å². The lowest BCUT2D eigenvalue weighted by atomic mass is 9.98. The molecule has 3 nitrogen and oxygen atoms in total. The molecule has 2 atom stereocenters. The van der Waals surface area contributed by atoms with Crippen molar-refractivity contribution in [2.24, 2.45) is 0 Å². The maximum absolute atomic E-state index is 9.53. The number of aliphatic hydroxyl groups excluding tert-OH is 1. The zero-order valence-electron chi connectivity index (χ0n) is 13.5. The minimum absolute atomic E-state index is 0.0510. The Morgan fingerprint density at radius 2 is 1.67 bits per heavy atom. The van der Waals surface area contributed by atoms with Crippen molar-refractivity contribution in [2.75, 3.05) is 6.61 Å². The van der Waals surface area contributed by atoms with Crippen LogP contribution >= 0.6 is 0 Å². The molecule has 1 aliphatic heterocycles. The number of hydrogen-bond donors (Lipinski definition) is 1. The smallest absolute Gasteiger partial charge is 0.104 e. The van der Waals surface area contributed by atoms with Gasteiger partial charge in [0.15, 0.2) is 0 Å². The van der Waals surface area contributed by atoms with Gasteiger partial charge in [-0.25, -0.2) is 0 Å². The second-order valence-electron chi connectivity index (χ2n) is 6.33. The Balaban J connectivity index is 1.64. The number of benzene rings is 3. The summed E-state index contributed by atoms with van der Waals surface area (Å²) < 4.78 is 0. The molecule has 1 saturated heterocycles. The molecule has 0 saturated carbocycles. The molecule has 1 heterocycles. The highest BCUT2D eigenvalue weighted by Crippen LogP contribution is 2.36. The van der Waals surface area contributed by atoms with Crippen LogP contribution in [0, 0.1) is 0 Å².